The number of hydrogen-bond acceptors (Lipinski definition) is 3. The standard InChI is InChI=1S/C23H17FN2O2/c1-15-8-7-11-17(14-15)25-21-20(16-9-3-2-4-10-16)22(27)26(23(21)28)19-13-6-5-12-18(19)24/h2-14,25H,1H3. The molecule has 1 aliphatic heterocycles. The van der Waals surface area contributed by atoms with E-state index in [4.69, 9.17) is 0 Å². The lowest BCUT2D eigenvalue weighted by molar-refractivity contribution is -0.120. The molecule has 0 fully saturated rings. The summed E-state index contributed by atoms with van der Waals surface area (Å²) >= 11 is 0. The Kier molecular flexibility index (Phi) is 4.49. The molecule has 0 aliphatic carbocycles. The number of hydrogen-bond donors (Lipinski definition) is 1. The maximum Gasteiger partial charge on any atom is 0.282 e. The number of amides is 2. The molecule has 2 amide bonds. The zero-order valence-corrected chi connectivity index (χ0v) is 15.1. The van der Waals surface area contributed by atoms with Crippen molar-refractivity contribution >= 4 is 28.8 Å². The van der Waals surface area contributed by atoms with E-state index in [0.29, 0.717) is 11.3 Å². The summed E-state index contributed by atoms with van der Waals surface area (Å²) in [5, 5.41) is 3.07. The lowest BCUT2D eigenvalue weighted by atomic mass is 10.0. The molecule has 0 saturated carbocycles. The van der Waals surface area contributed by atoms with Gasteiger partial charge in [-0.25, -0.2) is 9.29 Å². The van der Waals surface area contributed by atoms with Gasteiger partial charge in [0.25, 0.3) is 11.8 Å². The molecule has 138 valence electrons. The second kappa shape index (κ2) is 7.12. The number of anilines is 2. The zero-order chi connectivity index (χ0) is 19.7. The third kappa shape index (κ3) is 3.07. The number of aryl methyl sites for hydroxylation is 1. The average Bonchev–Trinajstić information content (AvgIpc) is 2.93. The monoisotopic (exact) mass is 372 g/mol. The van der Waals surface area contributed by atoms with Gasteiger partial charge in [-0.05, 0) is 42.3 Å². The second-order valence-corrected chi connectivity index (χ2v) is 6.51. The first-order valence-corrected chi connectivity index (χ1v) is 8.83. The van der Waals surface area contributed by atoms with Crippen LogP contribution < -0.4 is 10.2 Å². The first-order valence-electron chi connectivity index (χ1n) is 8.83. The molecule has 4 nitrogen and oxygen atoms in total. The van der Waals surface area contributed by atoms with E-state index in [1.165, 1.54) is 18.2 Å². The van der Waals surface area contributed by atoms with Crippen LogP contribution in [0.1, 0.15) is 11.1 Å². The van der Waals surface area contributed by atoms with E-state index in [1.807, 2.05) is 37.3 Å². The van der Waals surface area contributed by atoms with Gasteiger partial charge in [0.1, 0.15) is 11.5 Å². The van der Waals surface area contributed by atoms with E-state index in [9.17, 15) is 14.0 Å². The fraction of sp³-hybridized carbons (Fsp3) is 0.0435. The highest BCUT2D eigenvalue weighted by Gasteiger charge is 2.41. The molecule has 0 spiro atoms. The molecule has 0 saturated heterocycles. The van der Waals surface area contributed by atoms with Crippen molar-refractivity contribution in [3.63, 3.8) is 0 Å². The Balaban J connectivity index is 1.84. The molecule has 0 unspecified atom stereocenters. The van der Waals surface area contributed by atoms with Crippen LogP contribution in [0.2, 0.25) is 0 Å². The number of nitrogens with one attached hydrogen (secondary N) is 1. The maximum atomic E-state index is 14.3. The van der Waals surface area contributed by atoms with E-state index in [0.717, 1.165) is 10.5 Å². The molecule has 0 bridgehead atoms. The van der Waals surface area contributed by atoms with E-state index < -0.39 is 17.6 Å². The van der Waals surface area contributed by atoms with Crippen molar-refractivity contribution in [3.8, 4) is 0 Å². The van der Waals surface area contributed by atoms with Gasteiger partial charge in [0.05, 0.1) is 11.3 Å². The van der Waals surface area contributed by atoms with Gasteiger partial charge >= 0.3 is 0 Å². The molecule has 0 radical (unpaired) electrons. The number of para-hydroxylation sites is 1. The van der Waals surface area contributed by atoms with Crippen molar-refractivity contribution < 1.29 is 14.0 Å². The van der Waals surface area contributed by atoms with Gasteiger partial charge in [-0.2, -0.15) is 0 Å². The Labute approximate surface area is 161 Å². The van der Waals surface area contributed by atoms with Crippen molar-refractivity contribution in [2.45, 2.75) is 6.92 Å². The number of imide groups is 1. The van der Waals surface area contributed by atoms with Crippen molar-refractivity contribution in [2.24, 2.45) is 0 Å². The van der Waals surface area contributed by atoms with Crippen LogP contribution in [0.15, 0.2) is 84.6 Å². The summed E-state index contributed by atoms with van der Waals surface area (Å²) in [6.45, 7) is 1.94. The summed E-state index contributed by atoms with van der Waals surface area (Å²) in [6, 6.07) is 22.1. The highest BCUT2D eigenvalue weighted by molar-refractivity contribution is 6.46. The third-order valence-electron chi connectivity index (χ3n) is 4.53. The summed E-state index contributed by atoms with van der Waals surface area (Å²) in [6.07, 6.45) is 0. The summed E-state index contributed by atoms with van der Waals surface area (Å²) in [5.74, 6) is -1.78. The fourth-order valence-corrected chi connectivity index (χ4v) is 3.24. The normalized spacial score (nSPS) is 14.0. The van der Waals surface area contributed by atoms with Gasteiger partial charge in [-0.3, -0.25) is 9.59 Å². The molecule has 1 aliphatic rings. The Bertz CT molecular complexity index is 1110. The van der Waals surface area contributed by atoms with Crippen LogP contribution >= 0.6 is 0 Å². The van der Waals surface area contributed by atoms with Crippen molar-refractivity contribution in [2.75, 3.05) is 10.2 Å². The Hall–Kier alpha value is -3.73. The molecule has 1 heterocycles. The second-order valence-electron chi connectivity index (χ2n) is 6.51. The Morgan fingerprint density at radius 2 is 1.54 bits per heavy atom. The van der Waals surface area contributed by atoms with Crippen LogP contribution in [0.25, 0.3) is 5.57 Å². The number of rotatable bonds is 4. The summed E-state index contributed by atoms with van der Waals surface area (Å²) in [4.78, 5) is 27.2. The minimum atomic E-state index is -0.631. The van der Waals surface area contributed by atoms with E-state index in [1.54, 1.807) is 30.3 Å². The number of carbonyl (C=O) groups is 2. The van der Waals surface area contributed by atoms with Gasteiger partial charge < -0.3 is 5.32 Å². The van der Waals surface area contributed by atoms with Gasteiger partial charge in [-0.15, -0.1) is 0 Å². The SMILES string of the molecule is Cc1cccc(NC2=C(c3ccccc3)C(=O)N(c3ccccc3F)C2=O)c1. The molecular formula is C23H17FN2O2. The average molecular weight is 372 g/mol. The molecule has 0 aromatic heterocycles. The summed E-state index contributed by atoms with van der Waals surface area (Å²) in [7, 11) is 0. The first kappa shape index (κ1) is 17.7. The lowest BCUT2D eigenvalue weighted by Gasteiger charge is -2.16. The van der Waals surface area contributed by atoms with Crippen LogP contribution in [-0.2, 0) is 9.59 Å². The minimum Gasteiger partial charge on any atom is -0.350 e. The van der Waals surface area contributed by atoms with Gasteiger partial charge in [0.15, 0.2) is 0 Å². The quantitative estimate of drug-likeness (QED) is 0.685. The molecule has 28 heavy (non-hydrogen) atoms. The number of benzene rings is 3. The van der Waals surface area contributed by atoms with Gasteiger partial charge in [-0.1, -0.05) is 54.6 Å². The van der Waals surface area contributed by atoms with Crippen molar-refractivity contribution in [1.82, 2.24) is 0 Å². The van der Waals surface area contributed by atoms with Crippen LogP contribution in [0, 0.1) is 12.7 Å². The highest BCUT2D eigenvalue weighted by atomic mass is 19.1. The molecule has 0 atom stereocenters. The third-order valence-corrected chi connectivity index (χ3v) is 4.53. The van der Waals surface area contributed by atoms with Crippen LogP contribution in [-0.4, -0.2) is 11.8 Å². The van der Waals surface area contributed by atoms with Crippen molar-refractivity contribution in [1.29, 1.82) is 0 Å². The van der Waals surface area contributed by atoms with Crippen LogP contribution in [0.4, 0.5) is 15.8 Å². The van der Waals surface area contributed by atoms with Crippen LogP contribution in [0.5, 0.6) is 0 Å². The zero-order valence-electron chi connectivity index (χ0n) is 15.1. The topological polar surface area (TPSA) is 49.4 Å². The molecule has 3 aromatic carbocycles. The largest absolute Gasteiger partial charge is 0.350 e. The predicted molar refractivity (Wildman–Crippen MR) is 107 cm³/mol. The van der Waals surface area contributed by atoms with Gasteiger partial charge in [0.2, 0.25) is 0 Å². The first-order chi connectivity index (χ1) is 13.6. The molecule has 5 heteroatoms. The summed E-state index contributed by atoms with van der Waals surface area (Å²) in [5.41, 5.74) is 2.57. The fourth-order valence-electron chi connectivity index (χ4n) is 3.24. The Morgan fingerprint density at radius 3 is 2.25 bits per heavy atom. The maximum absolute atomic E-state index is 14.3. The minimum absolute atomic E-state index is 0.0630. The Morgan fingerprint density at radius 1 is 0.821 bits per heavy atom. The molecule has 4 rings (SSSR count). The summed E-state index contributed by atoms with van der Waals surface area (Å²) < 4.78 is 14.3. The van der Waals surface area contributed by atoms with E-state index >= 15 is 0 Å². The molecular weight excluding hydrogens is 355 g/mol. The number of halogens is 1. The van der Waals surface area contributed by atoms with E-state index in [2.05, 4.69) is 5.32 Å². The van der Waals surface area contributed by atoms with Crippen LogP contribution in [0.3, 0.4) is 0 Å². The smallest absolute Gasteiger partial charge is 0.282 e. The number of carbonyl (C=O) groups excluding carboxylic acids is 2. The predicted octanol–water partition coefficient (Wildman–Crippen LogP) is 4.53. The van der Waals surface area contributed by atoms with Gasteiger partial charge in [0, 0.05) is 5.69 Å². The van der Waals surface area contributed by atoms with Crippen molar-refractivity contribution in [3.05, 3.63) is 102 Å². The molecule has 1 N–H and O–H groups in total. The highest BCUT2D eigenvalue weighted by Crippen LogP contribution is 2.34. The number of nitrogens with zero attached hydrogens (tertiary/aromatic N) is 1. The molecule has 3 aromatic rings. The lowest BCUT2D eigenvalue weighted by Crippen LogP contribution is -2.33. The van der Waals surface area contributed by atoms with E-state index in [-0.39, 0.29) is 17.0 Å².